The molecule has 3 N–H and O–H groups in total. The molecule has 0 saturated carbocycles. The first-order chi connectivity index (χ1) is 11.4. The average molecular weight is 369 g/mol. The largest absolute Gasteiger partial charge is 0.354 e. The van der Waals surface area contributed by atoms with Crippen LogP contribution < -0.4 is 11.1 Å². The molecule has 140 valence electrons. The summed E-state index contributed by atoms with van der Waals surface area (Å²) in [6.07, 6.45) is 0.622. The maximum absolute atomic E-state index is 12.5. The Morgan fingerprint density at radius 3 is 2.24 bits per heavy atom. The molecule has 7 nitrogen and oxygen atoms in total. The van der Waals surface area contributed by atoms with Crippen LogP contribution in [-0.4, -0.2) is 50.1 Å². The van der Waals surface area contributed by atoms with Gasteiger partial charge in [0.15, 0.2) is 5.78 Å². The first-order valence-corrected chi connectivity index (χ1v) is 9.50. The second kappa shape index (κ2) is 8.55. The van der Waals surface area contributed by atoms with Crippen LogP contribution in [0.5, 0.6) is 0 Å². The molecule has 1 aromatic rings. The zero-order valence-corrected chi connectivity index (χ0v) is 16.0. The zero-order valence-electron chi connectivity index (χ0n) is 15.2. The van der Waals surface area contributed by atoms with E-state index in [-0.39, 0.29) is 29.6 Å². The number of nitrogens with one attached hydrogen (secondary N) is 1. The maximum atomic E-state index is 12.5. The van der Waals surface area contributed by atoms with E-state index in [1.165, 1.54) is 42.5 Å². The van der Waals surface area contributed by atoms with Crippen LogP contribution in [-0.2, 0) is 14.8 Å². The normalized spacial score (nSPS) is 12.2. The lowest BCUT2D eigenvalue weighted by atomic mass is 10.1. The Kier molecular flexibility index (Phi) is 7.28. The van der Waals surface area contributed by atoms with Gasteiger partial charge in [-0.05, 0) is 39.3 Å². The molecule has 1 aromatic carbocycles. The van der Waals surface area contributed by atoms with Crippen molar-refractivity contribution >= 4 is 21.7 Å². The highest BCUT2D eigenvalue weighted by molar-refractivity contribution is 7.89. The van der Waals surface area contributed by atoms with Crippen molar-refractivity contribution in [1.82, 2.24) is 9.62 Å². The molecule has 0 spiro atoms. The van der Waals surface area contributed by atoms with Gasteiger partial charge >= 0.3 is 0 Å². The first kappa shape index (κ1) is 21.3. The highest BCUT2D eigenvalue weighted by Gasteiger charge is 2.21. The second-order valence-corrected chi connectivity index (χ2v) is 8.82. The lowest BCUT2D eigenvalue weighted by Gasteiger charge is -2.19. The number of sulfonamides is 1. The summed E-state index contributed by atoms with van der Waals surface area (Å²) in [5, 5.41) is 2.72. The first-order valence-electron chi connectivity index (χ1n) is 8.06. The molecule has 1 amide bonds. The van der Waals surface area contributed by atoms with Gasteiger partial charge in [0.05, 0.1) is 4.90 Å². The molecule has 0 unspecified atom stereocenters. The van der Waals surface area contributed by atoms with Crippen molar-refractivity contribution in [1.29, 1.82) is 0 Å². The van der Waals surface area contributed by atoms with Gasteiger partial charge in [0.25, 0.3) is 0 Å². The van der Waals surface area contributed by atoms with Crippen LogP contribution in [0.15, 0.2) is 29.2 Å². The van der Waals surface area contributed by atoms with Crippen molar-refractivity contribution in [3.8, 4) is 0 Å². The summed E-state index contributed by atoms with van der Waals surface area (Å²) in [4.78, 5) is 23.1. The maximum Gasteiger partial charge on any atom is 0.242 e. The minimum Gasteiger partial charge on any atom is -0.354 e. The van der Waals surface area contributed by atoms with Crippen molar-refractivity contribution in [2.75, 3.05) is 20.1 Å². The number of carbonyl (C=O) groups is 2. The van der Waals surface area contributed by atoms with Crippen LogP contribution in [0.4, 0.5) is 0 Å². The van der Waals surface area contributed by atoms with Gasteiger partial charge in [-0.1, -0.05) is 12.1 Å². The van der Waals surface area contributed by atoms with Crippen LogP contribution in [0.3, 0.4) is 0 Å². The van der Waals surface area contributed by atoms with Gasteiger partial charge in [0, 0.05) is 37.7 Å². The minimum absolute atomic E-state index is 0.120. The molecular formula is C17H27N3O4S. The van der Waals surface area contributed by atoms with Crippen molar-refractivity contribution in [3.05, 3.63) is 29.8 Å². The molecule has 0 bridgehead atoms. The van der Waals surface area contributed by atoms with E-state index in [9.17, 15) is 18.0 Å². The fourth-order valence-corrected chi connectivity index (χ4v) is 3.25. The summed E-state index contributed by atoms with van der Waals surface area (Å²) in [5.41, 5.74) is 5.76. The number of Topliss-reactive ketones (excluding diaryl/α,β-unsaturated/α-hetero) is 1. The van der Waals surface area contributed by atoms with E-state index in [1.807, 2.05) is 13.8 Å². The molecule has 0 radical (unpaired) electrons. The summed E-state index contributed by atoms with van der Waals surface area (Å²) in [7, 11) is -2.18. The number of benzene rings is 1. The fraction of sp³-hybridized carbons (Fsp3) is 0.529. The van der Waals surface area contributed by atoms with Gasteiger partial charge in [0.2, 0.25) is 15.9 Å². The van der Waals surface area contributed by atoms with Crippen molar-refractivity contribution < 1.29 is 18.0 Å². The lowest BCUT2D eigenvalue weighted by molar-refractivity contribution is -0.121. The number of amides is 1. The molecule has 0 aliphatic carbocycles. The predicted molar refractivity (Wildman–Crippen MR) is 96.8 cm³/mol. The van der Waals surface area contributed by atoms with Crippen LogP contribution in [0.1, 0.15) is 44.0 Å². The number of ketones is 1. The number of rotatable bonds is 9. The topological polar surface area (TPSA) is 110 Å². The summed E-state index contributed by atoms with van der Waals surface area (Å²) in [6.45, 7) is 5.63. The van der Waals surface area contributed by atoms with Crippen molar-refractivity contribution in [2.45, 2.75) is 44.0 Å². The third-order valence-corrected chi connectivity index (χ3v) is 5.46. The van der Waals surface area contributed by atoms with Crippen LogP contribution >= 0.6 is 0 Å². The van der Waals surface area contributed by atoms with E-state index in [1.54, 1.807) is 0 Å². The van der Waals surface area contributed by atoms with Gasteiger partial charge in [-0.2, -0.15) is 0 Å². The van der Waals surface area contributed by atoms with E-state index >= 15 is 0 Å². The van der Waals surface area contributed by atoms with Crippen LogP contribution in [0.2, 0.25) is 0 Å². The number of hydrogen-bond donors (Lipinski definition) is 2. The van der Waals surface area contributed by atoms with E-state index in [2.05, 4.69) is 5.32 Å². The SMILES string of the molecule is CC(=O)c1ccc(S(=O)(=O)N(C)CCCC(=O)NCC(C)(C)N)cc1. The Morgan fingerprint density at radius 2 is 1.76 bits per heavy atom. The highest BCUT2D eigenvalue weighted by Crippen LogP contribution is 2.16. The van der Waals surface area contributed by atoms with Crippen LogP contribution in [0.25, 0.3) is 0 Å². The molecule has 0 saturated heterocycles. The third-order valence-electron chi connectivity index (χ3n) is 3.59. The smallest absolute Gasteiger partial charge is 0.242 e. The molecule has 0 fully saturated rings. The predicted octanol–water partition coefficient (Wildman–Crippen LogP) is 1.14. The summed E-state index contributed by atoms with van der Waals surface area (Å²) in [6, 6.07) is 5.81. The molecule has 8 heteroatoms. The number of carbonyl (C=O) groups excluding carboxylic acids is 2. The van der Waals surface area contributed by atoms with E-state index in [0.29, 0.717) is 18.5 Å². The summed E-state index contributed by atoms with van der Waals surface area (Å²) >= 11 is 0. The second-order valence-electron chi connectivity index (χ2n) is 6.78. The summed E-state index contributed by atoms with van der Waals surface area (Å²) in [5.74, 6) is -0.279. The number of nitrogens with zero attached hydrogens (tertiary/aromatic N) is 1. The lowest BCUT2D eigenvalue weighted by Crippen LogP contribution is -2.45. The molecule has 0 aromatic heterocycles. The van der Waals surface area contributed by atoms with Gasteiger partial charge in [-0.3, -0.25) is 9.59 Å². The molecular weight excluding hydrogens is 342 g/mol. The number of nitrogens with two attached hydrogens (primary N) is 1. The van der Waals surface area contributed by atoms with Gasteiger partial charge in [-0.25, -0.2) is 12.7 Å². The van der Waals surface area contributed by atoms with Gasteiger partial charge in [0.1, 0.15) is 0 Å². The standard InChI is InChI=1S/C17H27N3O4S/c1-13(21)14-7-9-15(10-8-14)25(23,24)20(4)11-5-6-16(22)19-12-17(2,3)18/h7-10H,5-6,11-12,18H2,1-4H3,(H,19,22). The molecule has 0 heterocycles. The van der Waals surface area contributed by atoms with Crippen molar-refractivity contribution in [3.63, 3.8) is 0 Å². The van der Waals surface area contributed by atoms with Crippen LogP contribution in [0, 0.1) is 0 Å². The average Bonchev–Trinajstić information content (AvgIpc) is 2.52. The minimum atomic E-state index is -3.64. The van der Waals surface area contributed by atoms with Gasteiger partial charge < -0.3 is 11.1 Å². The van der Waals surface area contributed by atoms with Gasteiger partial charge in [-0.15, -0.1) is 0 Å². The monoisotopic (exact) mass is 369 g/mol. The highest BCUT2D eigenvalue weighted by atomic mass is 32.2. The molecule has 0 aliphatic heterocycles. The quantitative estimate of drug-likeness (QED) is 0.635. The van der Waals surface area contributed by atoms with E-state index in [0.717, 1.165) is 0 Å². The number of hydrogen-bond acceptors (Lipinski definition) is 5. The third kappa shape index (κ3) is 6.93. The van der Waals surface area contributed by atoms with E-state index in [4.69, 9.17) is 5.73 Å². The Balaban J connectivity index is 2.56. The Hall–Kier alpha value is -1.77. The zero-order chi connectivity index (χ0) is 19.3. The van der Waals surface area contributed by atoms with Crippen molar-refractivity contribution in [2.24, 2.45) is 5.73 Å². The summed E-state index contributed by atoms with van der Waals surface area (Å²) < 4.78 is 26.1. The molecule has 0 aliphatic rings. The fourth-order valence-electron chi connectivity index (χ4n) is 2.04. The molecule has 0 atom stereocenters. The molecule has 1 rings (SSSR count). The van der Waals surface area contributed by atoms with E-state index < -0.39 is 15.6 Å². The Bertz CT molecular complexity index is 706. The Labute approximate surface area is 149 Å². The Morgan fingerprint density at radius 1 is 1.20 bits per heavy atom. The molecule has 25 heavy (non-hydrogen) atoms.